The van der Waals surface area contributed by atoms with E-state index in [9.17, 15) is 22.8 Å². The minimum absolute atomic E-state index is 0.0670. The average molecular weight is 400 g/mol. The van der Waals surface area contributed by atoms with Crippen molar-refractivity contribution in [2.45, 2.75) is 13.0 Å². The predicted octanol–water partition coefficient (Wildman–Crippen LogP) is 3.65. The van der Waals surface area contributed by atoms with E-state index in [4.69, 9.17) is 0 Å². The van der Waals surface area contributed by atoms with Crippen LogP contribution in [0.3, 0.4) is 0 Å². The van der Waals surface area contributed by atoms with Crippen molar-refractivity contribution in [3.8, 4) is 0 Å². The molecule has 0 unspecified atom stereocenters. The highest BCUT2D eigenvalue weighted by atomic mass is 19.2. The van der Waals surface area contributed by atoms with Crippen molar-refractivity contribution >= 4 is 27.6 Å². The molecule has 29 heavy (non-hydrogen) atoms. The lowest BCUT2D eigenvalue weighted by Crippen LogP contribution is -2.31. The molecule has 1 atom stereocenters. The third-order valence-electron chi connectivity index (χ3n) is 4.97. The first-order valence-electron chi connectivity index (χ1n) is 8.69. The van der Waals surface area contributed by atoms with Gasteiger partial charge < -0.3 is 9.88 Å². The van der Waals surface area contributed by atoms with Crippen LogP contribution in [-0.4, -0.2) is 33.0 Å². The Hall–Kier alpha value is -3.62. The number of halogens is 3. The molecular formula is C20H15F3N4O2. The van der Waals surface area contributed by atoms with Crippen LogP contribution in [0.2, 0.25) is 0 Å². The molecule has 0 saturated carbocycles. The van der Waals surface area contributed by atoms with Crippen molar-refractivity contribution in [1.82, 2.24) is 20.1 Å². The number of amides is 1. The number of carbonyl (C=O) groups excluding carboxylic acids is 1. The van der Waals surface area contributed by atoms with Gasteiger partial charge in [0.25, 0.3) is 11.5 Å². The fraction of sp³-hybridized carbons (Fsp3) is 0.150. The van der Waals surface area contributed by atoms with Gasteiger partial charge in [0, 0.05) is 23.3 Å². The summed E-state index contributed by atoms with van der Waals surface area (Å²) in [6.45, 7) is 1.64. The molecule has 4 rings (SSSR count). The molecule has 2 heterocycles. The number of carbonyl (C=O) groups is 1. The Labute approximate surface area is 162 Å². The van der Waals surface area contributed by atoms with Gasteiger partial charge in [-0.05, 0) is 43.3 Å². The Morgan fingerprint density at radius 3 is 2.48 bits per heavy atom. The first-order chi connectivity index (χ1) is 13.8. The van der Waals surface area contributed by atoms with Crippen LogP contribution in [0.25, 0.3) is 21.7 Å². The van der Waals surface area contributed by atoms with Crippen LogP contribution >= 0.6 is 0 Å². The summed E-state index contributed by atoms with van der Waals surface area (Å²) in [4.78, 5) is 29.1. The number of aromatic nitrogens is 3. The Morgan fingerprint density at radius 1 is 1.07 bits per heavy atom. The number of nitrogens with zero attached hydrogens (tertiary/aromatic N) is 2. The van der Waals surface area contributed by atoms with Crippen molar-refractivity contribution in [3.63, 3.8) is 0 Å². The van der Waals surface area contributed by atoms with E-state index in [2.05, 4.69) is 15.2 Å². The monoisotopic (exact) mass is 400 g/mol. The molecule has 0 aliphatic rings. The number of H-pyrrole nitrogens is 2. The fourth-order valence-corrected chi connectivity index (χ4v) is 3.26. The van der Waals surface area contributed by atoms with Crippen molar-refractivity contribution in [2.24, 2.45) is 0 Å². The molecule has 4 aromatic rings. The minimum Gasteiger partial charge on any atom is -0.351 e. The smallest absolute Gasteiger partial charge is 0.272 e. The molecule has 0 aliphatic carbocycles. The molecule has 2 aromatic heterocycles. The molecule has 148 valence electrons. The number of nitrogens with one attached hydrogen (secondary N) is 2. The lowest BCUT2D eigenvalue weighted by molar-refractivity contribution is 0.0735. The van der Waals surface area contributed by atoms with Crippen molar-refractivity contribution in [2.75, 3.05) is 7.05 Å². The van der Waals surface area contributed by atoms with Crippen LogP contribution in [-0.2, 0) is 0 Å². The summed E-state index contributed by atoms with van der Waals surface area (Å²) in [6, 6.07) is 6.65. The van der Waals surface area contributed by atoms with Gasteiger partial charge in [-0.25, -0.2) is 18.3 Å². The quantitative estimate of drug-likeness (QED) is 0.551. The van der Waals surface area contributed by atoms with Crippen molar-refractivity contribution in [1.29, 1.82) is 0 Å². The van der Waals surface area contributed by atoms with E-state index in [0.717, 1.165) is 12.1 Å². The van der Waals surface area contributed by atoms with Crippen LogP contribution in [0.1, 0.15) is 29.1 Å². The summed E-state index contributed by atoms with van der Waals surface area (Å²) < 4.78 is 40.7. The SMILES string of the molecule is C[C@@H](c1n[nH]c(=O)c2cc(F)c(F)cc12)N(C)C(=O)c1cc2cc(F)ccc2[nH]1. The van der Waals surface area contributed by atoms with Gasteiger partial charge in [0.2, 0.25) is 0 Å². The number of rotatable bonds is 3. The highest BCUT2D eigenvalue weighted by molar-refractivity contribution is 5.98. The van der Waals surface area contributed by atoms with Crippen LogP contribution in [0, 0.1) is 17.5 Å². The number of hydrogen-bond acceptors (Lipinski definition) is 3. The normalized spacial score (nSPS) is 12.4. The molecule has 6 nitrogen and oxygen atoms in total. The maximum absolute atomic E-state index is 13.8. The van der Waals surface area contributed by atoms with Crippen molar-refractivity contribution < 1.29 is 18.0 Å². The van der Waals surface area contributed by atoms with Gasteiger partial charge in [0.15, 0.2) is 11.6 Å². The predicted molar refractivity (Wildman–Crippen MR) is 101 cm³/mol. The molecule has 0 aliphatic heterocycles. The summed E-state index contributed by atoms with van der Waals surface area (Å²) in [7, 11) is 1.51. The Morgan fingerprint density at radius 2 is 1.76 bits per heavy atom. The zero-order valence-electron chi connectivity index (χ0n) is 15.4. The molecule has 1 amide bonds. The van der Waals surface area contributed by atoms with E-state index in [1.165, 1.54) is 36.2 Å². The van der Waals surface area contributed by atoms with Gasteiger partial charge in [-0.2, -0.15) is 5.10 Å². The van der Waals surface area contributed by atoms with E-state index >= 15 is 0 Å². The van der Waals surface area contributed by atoms with Gasteiger partial charge in [-0.1, -0.05) is 0 Å². The van der Waals surface area contributed by atoms with Crippen molar-refractivity contribution in [3.05, 3.63) is 75.6 Å². The van der Waals surface area contributed by atoms with Crippen LogP contribution in [0.15, 0.2) is 41.2 Å². The first kappa shape index (κ1) is 18.7. The summed E-state index contributed by atoms with van der Waals surface area (Å²) in [5, 5.41) is 6.78. The molecule has 0 spiro atoms. The molecule has 0 saturated heterocycles. The summed E-state index contributed by atoms with van der Waals surface area (Å²) >= 11 is 0. The van der Waals surface area contributed by atoms with Gasteiger partial charge in [-0.15, -0.1) is 0 Å². The van der Waals surface area contributed by atoms with Gasteiger partial charge in [-0.3, -0.25) is 9.59 Å². The molecule has 0 radical (unpaired) electrons. The largest absolute Gasteiger partial charge is 0.351 e. The molecule has 2 N–H and O–H groups in total. The lowest BCUT2D eigenvalue weighted by atomic mass is 10.1. The zero-order chi connectivity index (χ0) is 20.9. The molecule has 9 heteroatoms. The van der Waals surface area contributed by atoms with Gasteiger partial charge >= 0.3 is 0 Å². The average Bonchev–Trinajstić information content (AvgIpc) is 3.11. The number of benzene rings is 2. The van der Waals surface area contributed by atoms with E-state index in [1.54, 1.807) is 6.92 Å². The third-order valence-corrected chi connectivity index (χ3v) is 4.97. The Balaban J connectivity index is 1.74. The van der Waals surface area contributed by atoms with Gasteiger partial charge in [0.05, 0.1) is 17.1 Å². The van der Waals surface area contributed by atoms with E-state index in [0.29, 0.717) is 10.9 Å². The summed E-state index contributed by atoms with van der Waals surface area (Å²) in [5.74, 6) is -3.11. The first-order valence-corrected chi connectivity index (χ1v) is 8.69. The van der Waals surface area contributed by atoms with E-state index in [-0.39, 0.29) is 22.2 Å². The number of fused-ring (bicyclic) bond motifs is 2. The summed E-state index contributed by atoms with van der Waals surface area (Å²) in [6.07, 6.45) is 0. The topological polar surface area (TPSA) is 81.8 Å². The Kier molecular flexibility index (Phi) is 4.37. The summed E-state index contributed by atoms with van der Waals surface area (Å²) in [5.41, 5.74) is 0.366. The molecular weight excluding hydrogens is 385 g/mol. The number of hydrogen-bond donors (Lipinski definition) is 2. The fourth-order valence-electron chi connectivity index (χ4n) is 3.26. The third kappa shape index (κ3) is 3.14. The van der Waals surface area contributed by atoms with Crippen LogP contribution < -0.4 is 5.56 Å². The van der Waals surface area contributed by atoms with Crippen LogP contribution in [0.4, 0.5) is 13.2 Å². The molecule has 0 fully saturated rings. The highest BCUT2D eigenvalue weighted by Gasteiger charge is 2.24. The molecule has 0 bridgehead atoms. The Bertz CT molecular complexity index is 1330. The van der Waals surface area contributed by atoms with Crippen LogP contribution in [0.5, 0.6) is 0 Å². The maximum Gasteiger partial charge on any atom is 0.272 e. The minimum atomic E-state index is -1.15. The second kappa shape index (κ2) is 6.77. The van der Waals surface area contributed by atoms with E-state index in [1.807, 2.05) is 0 Å². The molecule has 2 aromatic carbocycles. The van der Waals surface area contributed by atoms with E-state index < -0.39 is 35.0 Å². The lowest BCUT2D eigenvalue weighted by Gasteiger charge is -2.24. The second-order valence-electron chi connectivity index (χ2n) is 6.76. The highest BCUT2D eigenvalue weighted by Crippen LogP contribution is 2.27. The second-order valence-corrected chi connectivity index (χ2v) is 6.76. The zero-order valence-corrected chi connectivity index (χ0v) is 15.4. The standard InChI is InChI=1S/C20H15F3N4O2/c1-9(18-12-7-14(22)15(23)8-13(12)19(28)26-25-18)27(2)20(29)17-6-10-5-11(21)3-4-16(10)24-17/h3-9,24H,1-2H3,(H,26,28)/t9-/m0/s1. The maximum atomic E-state index is 13.8. The number of aromatic amines is 2. The van der Waals surface area contributed by atoms with Gasteiger partial charge in [0.1, 0.15) is 11.5 Å².